The number of likely N-dealkylation sites (tertiary alicyclic amines) is 1. The van der Waals surface area contributed by atoms with Gasteiger partial charge in [0.25, 0.3) is 0 Å². The molecular weight excluding hydrogens is 379 g/mol. The number of hydrogen-bond donors (Lipinski definition) is 1. The minimum absolute atomic E-state index is 0. The Labute approximate surface area is 178 Å². The van der Waals surface area contributed by atoms with E-state index in [0.29, 0.717) is 5.92 Å². The van der Waals surface area contributed by atoms with E-state index in [4.69, 9.17) is 0 Å². The normalized spacial score (nSPS) is 28.3. The van der Waals surface area contributed by atoms with Crippen LogP contribution in [0.1, 0.15) is 57.4 Å². The maximum atomic E-state index is 11.2. The zero-order valence-electron chi connectivity index (χ0n) is 17.2. The van der Waals surface area contributed by atoms with Crippen LogP contribution in [0.5, 0.6) is 0 Å². The molecule has 2 atom stereocenters. The van der Waals surface area contributed by atoms with Crippen LogP contribution in [0.25, 0.3) is 0 Å². The van der Waals surface area contributed by atoms with Crippen LogP contribution in [0.2, 0.25) is 0 Å². The molecule has 3 rings (SSSR count). The van der Waals surface area contributed by atoms with Crippen LogP contribution in [-0.2, 0) is 5.54 Å². The molecule has 156 valence electrons. The summed E-state index contributed by atoms with van der Waals surface area (Å²) in [6, 6.07) is 11.2. The number of piperidine rings is 1. The molecular formula is C22H38Cl2N2O. The molecule has 3 nitrogen and oxygen atoms in total. The van der Waals surface area contributed by atoms with Crippen molar-refractivity contribution < 1.29 is 5.11 Å². The van der Waals surface area contributed by atoms with Crippen molar-refractivity contribution in [3.63, 3.8) is 0 Å². The van der Waals surface area contributed by atoms with Crippen LogP contribution >= 0.6 is 24.8 Å². The highest BCUT2D eigenvalue weighted by Gasteiger charge is 2.47. The number of hydrogen-bond acceptors (Lipinski definition) is 3. The largest absolute Gasteiger partial charge is 0.389 e. The summed E-state index contributed by atoms with van der Waals surface area (Å²) in [5.74, 6) is 0.323. The predicted octanol–water partition coefficient (Wildman–Crippen LogP) is 4.71. The van der Waals surface area contributed by atoms with Crippen molar-refractivity contribution in [2.75, 3.05) is 33.7 Å². The zero-order valence-corrected chi connectivity index (χ0v) is 18.8. The number of benzene rings is 1. The van der Waals surface area contributed by atoms with Gasteiger partial charge in [0.1, 0.15) is 0 Å². The first-order chi connectivity index (χ1) is 12.0. The summed E-state index contributed by atoms with van der Waals surface area (Å²) in [6.45, 7) is 5.14. The third-order valence-corrected chi connectivity index (χ3v) is 6.81. The van der Waals surface area contributed by atoms with E-state index in [-0.39, 0.29) is 30.4 Å². The van der Waals surface area contributed by atoms with Crippen LogP contribution in [0.3, 0.4) is 0 Å². The first-order valence-corrected chi connectivity index (χ1v) is 10.2. The topological polar surface area (TPSA) is 26.7 Å². The lowest BCUT2D eigenvalue weighted by atomic mass is 9.71. The Bertz CT molecular complexity index is 549. The molecule has 1 N–H and O–H groups in total. The van der Waals surface area contributed by atoms with E-state index in [1.807, 2.05) is 0 Å². The molecule has 5 heteroatoms. The van der Waals surface area contributed by atoms with Gasteiger partial charge < -0.3 is 10.0 Å². The van der Waals surface area contributed by atoms with Gasteiger partial charge in [0, 0.05) is 31.1 Å². The molecule has 0 radical (unpaired) electrons. The maximum Gasteiger partial charge on any atom is 0.0709 e. The first-order valence-electron chi connectivity index (χ1n) is 10.2. The average molecular weight is 417 g/mol. The van der Waals surface area contributed by atoms with Crippen LogP contribution in [0, 0.1) is 5.92 Å². The lowest BCUT2D eigenvalue weighted by Gasteiger charge is -2.54. The summed E-state index contributed by atoms with van der Waals surface area (Å²) < 4.78 is 0. The van der Waals surface area contributed by atoms with Crippen LogP contribution in [0.15, 0.2) is 30.3 Å². The third kappa shape index (κ3) is 5.19. The van der Waals surface area contributed by atoms with Gasteiger partial charge in [0.2, 0.25) is 0 Å². The molecule has 1 aromatic carbocycles. The highest BCUT2D eigenvalue weighted by molar-refractivity contribution is 5.85. The first kappa shape index (κ1) is 24.7. The lowest BCUT2D eigenvalue weighted by Crippen LogP contribution is -2.60. The van der Waals surface area contributed by atoms with Crippen molar-refractivity contribution in [1.82, 2.24) is 9.80 Å². The van der Waals surface area contributed by atoms with Crippen LogP contribution in [-0.4, -0.2) is 54.2 Å². The Balaban J connectivity index is 0.00000182. The van der Waals surface area contributed by atoms with Crippen molar-refractivity contribution in [2.24, 2.45) is 5.92 Å². The lowest BCUT2D eigenvalue weighted by molar-refractivity contribution is -0.111. The Morgan fingerprint density at radius 1 is 1.04 bits per heavy atom. The van der Waals surface area contributed by atoms with Gasteiger partial charge in [-0.1, -0.05) is 56.5 Å². The summed E-state index contributed by atoms with van der Waals surface area (Å²) in [5, 5.41) is 11.2. The van der Waals surface area contributed by atoms with Gasteiger partial charge in [-0.3, -0.25) is 4.90 Å². The highest BCUT2D eigenvalue weighted by Crippen LogP contribution is 2.45. The molecule has 1 aromatic rings. The smallest absolute Gasteiger partial charge is 0.0709 e. The minimum atomic E-state index is -0.507. The molecule has 2 fully saturated rings. The second-order valence-electron chi connectivity index (χ2n) is 8.57. The van der Waals surface area contributed by atoms with Crippen molar-refractivity contribution in [1.29, 1.82) is 0 Å². The monoisotopic (exact) mass is 416 g/mol. The maximum absolute atomic E-state index is 11.2. The summed E-state index contributed by atoms with van der Waals surface area (Å²) in [6.07, 6.45) is 8.28. The molecule has 1 aliphatic carbocycles. The van der Waals surface area contributed by atoms with E-state index in [0.717, 1.165) is 32.5 Å². The van der Waals surface area contributed by atoms with E-state index in [1.165, 1.54) is 37.7 Å². The van der Waals surface area contributed by atoms with Crippen molar-refractivity contribution >= 4 is 24.8 Å². The predicted molar refractivity (Wildman–Crippen MR) is 119 cm³/mol. The summed E-state index contributed by atoms with van der Waals surface area (Å²) in [5.41, 5.74) is 1.16. The third-order valence-electron chi connectivity index (χ3n) is 6.81. The Morgan fingerprint density at radius 3 is 2.22 bits per heavy atom. The number of aliphatic hydroxyl groups is 1. The Kier molecular flexibility index (Phi) is 9.57. The van der Waals surface area contributed by atoms with Gasteiger partial charge in [-0.15, -0.1) is 24.8 Å². The molecule has 0 bridgehead atoms. The Hall–Kier alpha value is -0.320. The van der Waals surface area contributed by atoms with Gasteiger partial charge in [0.05, 0.1) is 5.60 Å². The van der Waals surface area contributed by atoms with E-state index in [2.05, 4.69) is 61.2 Å². The second kappa shape index (κ2) is 10.5. The quantitative estimate of drug-likeness (QED) is 0.752. The van der Waals surface area contributed by atoms with Crippen molar-refractivity contribution in [2.45, 2.75) is 63.0 Å². The number of rotatable bonds is 5. The molecule has 27 heavy (non-hydrogen) atoms. The highest BCUT2D eigenvalue weighted by atomic mass is 35.5. The molecule has 0 spiro atoms. The summed E-state index contributed by atoms with van der Waals surface area (Å²) in [7, 11) is 4.26. The van der Waals surface area contributed by atoms with Crippen molar-refractivity contribution in [3.8, 4) is 0 Å². The average Bonchev–Trinajstić information content (AvgIpc) is 2.64. The van der Waals surface area contributed by atoms with E-state index in [9.17, 15) is 5.11 Å². The van der Waals surface area contributed by atoms with E-state index >= 15 is 0 Å². The number of halogens is 2. The van der Waals surface area contributed by atoms with Gasteiger partial charge in [-0.25, -0.2) is 0 Å². The number of nitrogens with zero attached hydrogens (tertiary/aromatic N) is 2. The van der Waals surface area contributed by atoms with Crippen LogP contribution in [0.4, 0.5) is 0 Å². The SMILES string of the molecule is CCC1(O)CCN(C2(c3ccccc3)CCCCC2)CC1CN(C)C.Cl.Cl. The fraction of sp³-hybridized carbons (Fsp3) is 0.727. The molecule has 1 saturated carbocycles. The summed E-state index contributed by atoms with van der Waals surface area (Å²) in [4.78, 5) is 4.98. The minimum Gasteiger partial charge on any atom is -0.389 e. The van der Waals surface area contributed by atoms with Crippen molar-refractivity contribution in [3.05, 3.63) is 35.9 Å². The standard InChI is InChI=1S/C22H36N2O.2ClH/c1-4-22(25)15-16-24(18-20(22)17-23(2)3)21(13-9-6-10-14-21)19-11-7-5-8-12-19;;/h5,7-8,11-12,20,25H,4,6,9-10,13-18H2,1-3H3;2*1H. The molecule has 0 amide bonds. The molecule has 2 unspecified atom stereocenters. The summed E-state index contributed by atoms with van der Waals surface area (Å²) >= 11 is 0. The van der Waals surface area contributed by atoms with Gasteiger partial charge in [-0.2, -0.15) is 0 Å². The fourth-order valence-corrected chi connectivity index (χ4v) is 5.26. The molecule has 1 aliphatic heterocycles. The molecule has 1 heterocycles. The van der Waals surface area contributed by atoms with E-state index in [1.54, 1.807) is 0 Å². The molecule has 2 aliphatic rings. The second-order valence-corrected chi connectivity index (χ2v) is 8.57. The molecule has 1 saturated heterocycles. The van der Waals surface area contributed by atoms with Gasteiger partial charge >= 0.3 is 0 Å². The fourth-order valence-electron chi connectivity index (χ4n) is 5.26. The van der Waals surface area contributed by atoms with Crippen LogP contribution < -0.4 is 0 Å². The van der Waals surface area contributed by atoms with Gasteiger partial charge in [-0.05, 0) is 45.3 Å². The van der Waals surface area contributed by atoms with Gasteiger partial charge in [0.15, 0.2) is 0 Å². The molecule has 0 aromatic heterocycles. The zero-order chi connectivity index (χ0) is 17.9. The van der Waals surface area contributed by atoms with E-state index < -0.39 is 5.60 Å². The Morgan fingerprint density at radius 2 is 1.67 bits per heavy atom.